The van der Waals surface area contributed by atoms with Crippen LogP contribution >= 0.6 is 0 Å². The summed E-state index contributed by atoms with van der Waals surface area (Å²) in [5, 5.41) is 0. The van der Waals surface area contributed by atoms with Crippen LogP contribution in [0.3, 0.4) is 0 Å². The number of quaternary nitrogens is 1. The number of rotatable bonds is 0. The van der Waals surface area contributed by atoms with Crippen LogP contribution in [-0.2, 0) is 0 Å². The summed E-state index contributed by atoms with van der Waals surface area (Å²) < 4.78 is 34.0. The van der Waals surface area contributed by atoms with Crippen LogP contribution in [0.5, 0.6) is 0 Å². The molecule has 0 saturated heterocycles. The lowest BCUT2D eigenvalue weighted by atomic mass is 10.7. The Morgan fingerprint density at radius 3 is 1.90 bits per heavy atom. The molecule has 0 unspecified atom stereocenters. The first-order valence-corrected chi connectivity index (χ1v) is 3.58. The van der Waals surface area contributed by atoms with Crippen molar-refractivity contribution in [1.82, 2.24) is 5.43 Å². The lowest BCUT2D eigenvalue weighted by molar-refractivity contribution is -2.00. The van der Waals surface area contributed by atoms with E-state index in [0.717, 1.165) is 6.54 Å². The molecule has 0 radical (unpaired) electrons. The van der Waals surface area contributed by atoms with E-state index >= 15 is 0 Å². The van der Waals surface area contributed by atoms with Gasteiger partial charge in [0, 0.05) is 0 Å². The average molecular weight is 171 g/mol. The normalized spacial score (nSPS) is 15.6. The summed E-state index contributed by atoms with van der Waals surface area (Å²) in [6, 6.07) is 0. The van der Waals surface area contributed by atoms with E-state index in [1.165, 1.54) is 0 Å². The molecule has 3 N–H and O–H groups in total. The summed E-state index contributed by atoms with van der Waals surface area (Å²) >= 11 is 0. The van der Waals surface area contributed by atoms with Crippen molar-refractivity contribution in [2.45, 2.75) is 0 Å². The molecule has 1 rings (SSSR count). The third-order valence-corrected chi connectivity index (χ3v) is 0.586. The van der Waals surface area contributed by atoms with Crippen LogP contribution in [0.4, 0.5) is 0 Å². The van der Waals surface area contributed by atoms with E-state index < -0.39 is 10.2 Å². The summed E-state index contributed by atoms with van der Waals surface area (Å²) in [7, 11) is -4.94. The Morgan fingerprint density at radius 1 is 1.30 bits per heavy atom. The fourth-order valence-electron chi connectivity index (χ4n) is 0.340. The molecule has 0 spiro atoms. The third kappa shape index (κ3) is 15.6. The second-order valence-corrected chi connectivity index (χ2v) is 2.14. The summed E-state index contributed by atoms with van der Waals surface area (Å²) in [5.74, 6) is 0. The van der Waals surface area contributed by atoms with Crippen LogP contribution in [0, 0.1) is 10.2 Å². The topological polar surface area (TPSA) is 121 Å². The summed E-state index contributed by atoms with van der Waals surface area (Å²) in [6.07, 6.45) is 4.00. The molecule has 0 aromatic carbocycles. The van der Waals surface area contributed by atoms with Gasteiger partial charge in [0.05, 0.1) is 6.20 Å². The molecule has 0 saturated carbocycles. The van der Waals surface area contributed by atoms with E-state index in [-0.39, 0.29) is 0 Å². The maximum absolute atomic E-state index is 8.49. The predicted molar refractivity (Wildman–Crippen MR) is 19.1 cm³/mol. The molecule has 1 aliphatic heterocycles. The van der Waals surface area contributed by atoms with Gasteiger partial charge in [-0.2, -0.15) is 0 Å². The zero-order valence-corrected chi connectivity index (χ0v) is 5.71. The maximum atomic E-state index is 8.49. The standard InChI is InChI=1S/C3H6N2.ClHO4/c1-2-4-5-3-1;2-1(3,4)5/h1-2,4-5H,3H2;(H,2,3,4,5). The number of nitrogens with two attached hydrogens (primary N) is 1. The van der Waals surface area contributed by atoms with Gasteiger partial charge in [-0.25, -0.2) is 29.5 Å². The van der Waals surface area contributed by atoms with Gasteiger partial charge in [-0.1, -0.05) is 0 Å². The second kappa shape index (κ2) is 4.45. The number of halogens is 1. The molecule has 60 valence electrons. The molecular formula is C3H7ClN2O4. The Hall–Kier alpha value is -0.370. The molecule has 1 heterocycles. The average Bonchev–Trinajstić information content (AvgIpc) is 2.07. The Bertz CT molecular complexity index is 99.6. The molecule has 0 aromatic rings. The zero-order chi connectivity index (χ0) is 8.04. The monoisotopic (exact) mass is 170 g/mol. The van der Waals surface area contributed by atoms with Crippen LogP contribution in [0.2, 0.25) is 0 Å². The van der Waals surface area contributed by atoms with Gasteiger partial charge in [-0.3, -0.25) is 0 Å². The molecule has 0 aliphatic carbocycles. The minimum absolute atomic E-state index is 1.08. The van der Waals surface area contributed by atoms with Crippen molar-refractivity contribution in [1.29, 1.82) is 0 Å². The molecule has 7 heteroatoms. The van der Waals surface area contributed by atoms with Crippen LogP contribution in [-0.4, -0.2) is 6.54 Å². The predicted octanol–water partition coefficient (Wildman–Crippen LogP) is -6.17. The van der Waals surface area contributed by atoms with Crippen molar-refractivity contribution in [3.8, 4) is 0 Å². The first-order chi connectivity index (χ1) is 4.50. The maximum Gasteiger partial charge on any atom is 0.118 e. The highest BCUT2D eigenvalue weighted by molar-refractivity contribution is 4.77. The molecule has 6 nitrogen and oxygen atoms in total. The van der Waals surface area contributed by atoms with E-state index in [1.807, 2.05) is 11.6 Å². The van der Waals surface area contributed by atoms with Gasteiger partial charge in [0.1, 0.15) is 6.54 Å². The minimum Gasteiger partial charge on any atom is -0.247 e. The fraction of sp³-hybridized carbons (Fsp3) is 0.333. The van der Waals surface area contributed by atoms with Crippen molar-refractivity contribution < 1.29 is 34.3 Å². The quantitative estimate of drug-likeness (QED) is 0.351. The first kappa shape index (κ1) is 9.63. The van der Waals surface area contributed by atoms with Crippen LogP contribution in [0.25, 0.3) is 0 Å². The van der Waals surface area contributed by atoms with Gasteiger partial charge in [-0.15, -0.1) is 10.2 Å². The van der Waals surface area contributed by atoms with Crippen molar-refractivity contribution in [3.05, 3.63) is 12.3 Å². The summed E-state index contributed by atoms with van der Waals surface area (Å²) in [4.78, 5) is 0. The summed E-state index contributed by atoms with van der Waals surface area (Å²) in [6.45, 7) is 1.08. The second-order valence-electron chi connectivity index (χ2n) is 1.39. The van der Waals surface area contributed by atoms with Crippen LogP contribution in [0.15, 0.2) is 12.3 Å². The molecule has 0 fully saturated rings. The Labute approximate surface area is 59.5 Å². The van der Waals surface area contributed by atoms with Gasteiger partial charge < -0.3 is 0 Å². The van der Waals surface area contributed by atoms with Gasteiger partial charge in [0.15, 0.2) is 0 Å². The molecule has 0 atom stereocenters. The van der Waals surface area contributed by atoms with Gasteiger partial charge in [0.25, 0.3) is 0 Å². The van der Waals surface area contributed by atoms with Crippen molar-refractivity contribution in [3.63, 3.8) is 0 Å². The molecule has 0 bridgehead atoms. The molecule has 10 heavy (non-hydrogen) atoms. The highest BCUT2D eigenvalue weighted by Crippen LogP contribution is 1.57. The highest BCUT2D eigenvalue weighted by Gasteiger charge is 1.84. The third-order valence-electron chi connectivity index (χ3n) is 0.586. The molecule has 1 aliphatic rings. The minimum atomic E-state index is -4.94. The molecule has 0 amide bonds. The van der Waals surface area contributed by atoms with E-state index in [4.69, 9.17) is 18.6 Å². The highest BCUT2D eigenvalue weighted by atomic mass is 35.7. The molecule has 0 aromatic heterocycles. The van der Waals surface area contributed by atoms with E-state index in [0.29, 0.717) is 0 Å². The Kier molecular flexibility index (Phi) is 4.28. The van der Waals surface area contributed by atoms with Crippen molar-refractivity contribution in [2.75, 3.05) is 6.54 Å². The van der Waals surface area contributed by atoms with Gasteiger partial charge in [-0.05, 0) is 6.08 Å². The number of nitrogens with one attached hydrogen (secondary N) is 1. The van der Waals surface area contributed by atoms with Gasteiger partial charge >= 0.3 is 0 Å². The number of hydrogen-bond acceptors (Lipinski definition) is 5. The summed E-state index contributed by atoms with van der Waals surface area (Å²) in [5.41, 5.74) is 4.92. The molecular weight excluding hydrogens is 163 g/mol. The number of hydrogen-bond donors (Lipinski definition) is 2. The first-order valence-electron chi connectivity index (χ1n) is 2.34. The Balaban J connectivity index is 0.000000162. The van der Waals surface area contributed by atoms with Crippen LogP contribution < -0.4 is 29.5 Å². The largest absolute Gasteiger partial charge is 0.247 e. The zero-order valence-electron chi connectivity index (χ0n) is 4.95. The van der Waals surface area contributed by atoms with Crippen molar-refractivity contribution in [2.24, 2.45) is 0 Å². The van der Waals surface area contributed by atoms with E-state index in [9.17, 15) is 0 Å². The SMILES string of the molecule is C1=CN[NH2+]C1.[O-][Cl+3]([O-])([O-])[O-]. The van der Waals surface area contributed by atoms with Gasteiger partial charge in [0.2, 0.25) is 0 Å². The van der Waals surface area contributed by atoms with E-state index in [1.54, 1.807) is 0 Å². The smallest absolute Gasteiger partial charge is 0.118 e. The lowest BCUT2D eigenvalue weighted by Crippen LogP contribution is -2.89. The van der Waals surface area contributed by atoms with Crippen LogP contribution in [0.1, 0.15) is 0 Å². The fourth-order valence-corrected chi connectivity index (χ4v) is 0.340. The van der Waals surface area contributed by atoms with E-state index in [2.05, 4.69) is 11.5 Å². The Morgan fingerprint density at radius 2 is 1.80 bits per heavy atom. The lowest BCUT2D eigenvalue weighted by Gasteiger charge is -2.17. The van der Waals surface area contributed by atoms with Crippen molar-refractivity contribution >= 4 is 0 Å².